The van der Waals surface area contributed by atoms with Crippen molar-refractivity contribution >= 4 is 5.71 Å². The van der Waals surface area contributed by atoms with E-state index in [1.165, 1.54) is 0 Å². The van der Waals surface area contributed by atoms with E-state index in [1.807, 2.05) is 61.5 Å². The van der Waals surface area contributed by atoms with Crippen LogP contribution in [0.1, 0.15) is 23.7 Å². The van der Waals surface area contributed by atoms with E-state index in [0.717, 1.165) is 56.7 Å². The number of methoxy groups -OCH3 is 1. The molecule has 34 heavy (non-hydrogen) atoms. The van der Waals surface area contributed by atoms with Crippen LogP contribution in [0, 0.1) is 6.92 Å². The Morgan fingerprint density at radius 2 is 1.76 bits per heavy atom. The van der Waals surface area contributed by atoms with E-state index in [4.69, 9.17) is 19.0 Å². The maximum atomic E-state index is 5.71. The van der Waals surface area contributed by atoms with Crippen molar-refractivity contribution in [3.8, 4) is 34.2 Å². The molecular weight excluding hydrogens is 428 g/mol. The van der Waals surface area contributed by atoms with Gasteiger partial charge in [0.2, 0.25) is 6.79 Å². The summed E-state index contributed by atoms with van der Waals surface area (Å²) in [6.07, 6.45) is 0. The first-order valence-corrected chi connectivity index (χ1v) is 11.1. The van der Waals surface area contributed by atoms with Gasteiger partial charge >= 0.3 is 0 Å². The van der Waals surface area contributed by atoms with Gasteiger partial charge < -0.3 is 23.6 Å². The average molecular weight is 455 g/mol. The third-order valence-corrected chi connectivity index (χ3v) is 5.89. The first kappa shape index (κ1) is 21.6. The SMILES string of the molecule is COc1cccc(-n2c(-c3ccccc3)cc(C(C)=NOCc3ccc4c(c3)OCO4)c2C)c1. The van der Waals surface area contributed by atoms with Crippen LogP contribution in [0.3, 0.4) is 0 Å². The molecule has 0 aliphatic carbocycles. The van der Waals surface area contributed by atoms with Gasteiger partial charge in [0.05, 0.1) is 18.5 Å². The van der Waals surface area contributed by atoms with Gasteiger partial charge in [-0.05, 0) is 55.3 Å². The van der Waals surface area contributed by atoms with E-state index in [-0.39, 0.29) is 6.79 Å². The van der Waals surface area contributed by atoms with Crippen LogP contribution in [-0.4, -0.2) is 24.2 Å². The van der Waals surface area contributed by atoms with Gasteiger partial charge in [-0.3, -0.25) is 0 Å². The molecule has 2 heterocycles. The fourth-order valence-corrected chi connectivity index (χ4v) is 4.16. The fourth-order valence-electron chi connectivity index (χ4n) is 4.16. The van der Waals surface area contributed by atoms with E-state index in [1.54, 1.807) is 7.11 Å². The van der Waals surface area contributed by atoms with Gasteiger partial charge in [0.15, 0.2) is 11.5 Å². The van der Waals surface area contributed by atoms with Gasteiger partial charge in [0, 0.05) is 23.0 Å². The minimum Gasteiger partial charge on any atom is -0.497 e. The molecule has 0 unspecified atom stereocenters. The molecule has 0 radical (unpaired) electrons. The summed E-state index contributed by atoms with van der Waals surface area (Å²) in [4.78, 5) is 5.71. The molecule has 1 aliphatic heterocycles. The Balaban J connectivity index is 1.46. The van der Waals surface area contributed by atoms with Crippen LogP contribution in [-0.2, 0) is 11.4 Å². The normalized spacial score (nSPS) is 12.6. The van der Waals surface area contributed by atoms with Crippen LogP contribution in [0.5, 0.6) is 17.2 Å². The number of fused-ring (bicyclic) bond motifs is 1. The van der Waals surface area contributed by atoms with E-state index in [2.05, 4.69) is 40.9 Å². The summed E-state index contributed by atoms with van der Waals surface area (Å²) >= 11 is 0. The lowest BCUT2D eigenvalue weighted by Gasteiger charge is -2.13. The maximum Gasteiger partial charge on any atom is 0.231 e. The molecule has 4 aromatic rings. The predicted molar refractivity (Wildman–Crippen MR) is 132 cm³/mol. The van der Waals surface area contributed by atoms with E-state index < -0.39 is 0 Å². The van der Waals surface area contributed by atoms with Gasteiger partial charge in [-0.25, -0.2) is 0 Å². The van der Waals surface area contributed by atoms with Gasteiger partial charge in [-0.15, -0.1) is 0 Å². The molecule has 0 amide bonds. The van der Waals surface area contributed by atoms with Gasteiger partial charge in [0.1, 0.15) is 12.4 Å². The second-order valence-electron chi connectivity index (χ2n) is 8.07. The predicted octanol–water partition coefficient (Wildman–Crippen LogP) is 6.13. The molecule has 0 atom stereocenters. The number of hydrogen-bond donors (Lipinski definition) is 0. The summed E-state index contributed by atoms with van der Waals surface area (Å²) in [6.45, 7) is 4.66. The highest BCUT2D eigenvalue weighted by atomic mass is 16.7. The van der Waals surface area contributed by atoms with Crippen LogP contribution in [0.2, 0.25) is 0 Å². The standard InChI is InChI=1S/C28H26N2O4/c1-19(29-34-17-21-12-13-27-28(14-21)33-18-32-27)25-16-26(22-8-5-4-6-9-22)30(20(25)2)23-10-7-11-24(15-23)31-3/h4-16H,17-18H2,1-3H3. The average Bonchev–Trinajstić information content (AvgIpc) is 3.48. The zero-order valence-corrected chi connectivity index (χ0v) is 19.4. The molecule has 1 aromatic heterocycles. The minimum atomic E-state index is 0.254. The molecule has 0 saturated heterocycles. The summed E-state index contributed by atoms with van der Waals surface area (Å²) in [6, 6.07) is 26.3. The van der Waals surface area contributed by atoms with Crippen LogP contribution >= 0.6 is 0 Å². The maximum absolute atomic E-state index is 5.71. The number of hydrogen-bond acceptors (Lipinski definition) is 5. The third kappa shape index (κ3) is 4.22. The summed E-state index contributed by atoms with van der Waals surface area (Å²) in [5.74, 6) is 2.30. The summed E-state index contributed by atoms with van der Waals surface area (Å²) in [5, 5.41) is 4.43. The van der Waals surface area contributed by atoms with Crippen LogP contribution in [0.15, 0.2) is 84.0 Å². The molecule has 172 valence electrons. The van der Waals surface area contributed by atoms with E-state index in [9.17, 15) is 0 Å². The number of nitrogens with zero attached hydrogens (tertiary/aromatic N) is 2. The first-order chi connectivity index (χ1) is 16.6. The number of ether oxygens (including phenoxy) is 3. The van der Waals surface area contributed by atoms with Gasteiger partial charge in [-0.2, -0.15) is 0 Å². The van der Waals surface area contributed by atoms with Crippen molar-refractivity contribution in [2.45, 2.75) is 20.5 Å². The lowest BCUT2D eigenvalue weighted by atomic mass is 10.1. The van der Waals surface area contributed by atoms with Crippen LogP contribution in [0.25, 0.3) is 16.9 Å². The molecule has 3 aromatic carbocycles. The Morgan fingerprint density at radius 3 is 2.59 bits per heavy atom. The molecular formula is C28H26N2O4. The summed E-state index contributed by atoms with van der Waals surface area (Å²) < 4.78 is 18.5. The van der Waals surface area contributed by atoms with Crippen molar-refractivity contribution < 1.29 is 19.0 Å². The third-order valence-electron chi connectivity index (χ3n) is 5.89. The van der Waals surface area contributed by atoms with E-state index in [0.29, 0.717) is 6.61 Å². The fraction of sp³-hybridized carbons (Fsp3) is 0.179. The quantitative estimate of drug-likeness (QED) is 0.249. The number of aromatic nitrogens is 1. The van der Waals surface area contributed by atoms with Crippen molar-refractivity contribution in [1.29, 1.82) is 0 Å². The summed E-state index contributed by atoms with van der Waals surface area (Å²) in [7, 11) is 1.68. The van der Waals surface area contributed by atoms with Gasteiger partial charge in [-0.1, -0.05) is 47.6 Å². The Kier molecular flexibility index (Phi) is 5.95. The molecule has 0 saturated carbocycles. The number of benzene rings is 3. The van der Waals surface area contributed by atoms with Crippen molar-refractivity contribution in [2.75, 3.05) is 13.9 Å². The van der Waals surface area contributed by atoms with Crippen molar-refractivity contribution in [1.82, 2.24) is 4.57 Å². The second kappa shape index (κ2) is 9.35. The van der Waals surface area contributed by atoms with Crippen molar-refractivity contribution in [3.05, 3.63) is 95.7 Å². The molecule has 5 rings (SSSR count). The largest absolute Gasteiger partial charge is 0.497 e. The molecule has 0 bridgehead atoms. The second-order valence-corrected chi connectivity index (χ2v) is 8.07. The number of oxime groups is 1. The van der Waals surface area contributed by atoms with Crippen LogP contribution < -0.4 is 14.2 Å². The molecule has 6 heteroatoms. The Morgan fingerprint density at radius 1 is 0.941 bits per heavy atom. The van der Waals surface area contributed by atoms with Crippen molar-refractivity contribution in [2.24, 2.45) is 5.16 Å². The lowest BCUT2D eigenvalue weighted by molar-refractivity contribution is 0.130. The lowest BCUT2D eigenvalue weighted by Crippen LogP contribution is -2.03. The first-order valence-electron chi connectivity index (χ1n) is 11.1. The van der Waals surface area contributed by atoms with Crippen LogP contribution in [0.4, 0.5) is 0 Å². The smallest absolute Gasteiger partial charge is 0.231 e. The molecule has 1 aliphatic rings. The van der Waals surface area contributed by atoms with Crippen molar-refractivity contribution in [3.63, 3.8) is 0 Å². The molecule has 6 nitrogen and oxygen atoms in total. The number of rotatable bonds is 7. The Hall–Kier alpha value is -4.19. The molecule has 0 N–H and O–H groups in total. The highest BCUT2D eigenvalue weighted by molar-refractivity contribution is 6.01. The Labute approximate surface area is 199 Å². The monoisotopic (exact) mass is 454 g/mol. The molecule has 0 spiro atoms. The Bertz CT molecular complexity index is 1340. The molecule has 0 fully saturated rings. The zero-order valence-electron chi connectivity index (χ0n) is 19.4. The highest BCUT2D eigenvalue weighted by Crippen LogP contribution is 2.33. The highest BCUT2D eigenvalue weighted by Gasteiger charge is 2.18. The van der Waals surface area contributed by atoms with Gasteiger partial charge in [0.25, 0.3) is 0 Å². The summed E-state index contributed by atoms with van der Waals surface area (Å²) in [5.41, 5.74) is 7.08. The zero-order chi connectivity index (χ0) is 23.5. The van der Waals surface area contributed by atoms with E-state index >= 15 is 0 Å². The topological polar surface area (TPSA) is 54.2 Å². The minimum absolute atomic E-state index is 0.254.